The molecule has 0 bridgehead atoms. The zero-order valence-electron chi connectivity index (χ0n) is 7.93. The molecule has 0 aromatic carbocycles. The predicted molar refractivity (Wildman–Crippen MR) is 48.4 cm³/mol. The van der Waals surface area contributed by atoms with Crippen LogP contribution < -0.4 is 5.73 Å². The first-order chi connectivity index (χ1) is 5.04. The summed E-state index contributed by atoms with van der Waals surface area (Å²) in [5, 5.41) is 9.69. The summed E-state index contributed by atoms with van der Waals surface area (Å²) in [6.07, 6.45) is 3.92. The Morgan fingerprint density at radius 2 is 2.00 bits per heavy atom. The van der Waals surface area contributed by atoms with Gasteiger partial charge in [-0.3, -0.25) is 0 Å². The molecule has 0 aromatic rings. The largest absolute Gasteiger partial charge is 0.389 e. The van der Waals surface area contributed by atoms with Crippen LogP contribution in [0, 0.1) is 0 Å². The van der Waals surface area contributed by atoms with E-state index < -0.39 is 5.60 Å². The van der Waals surface area contributed by atoms with Gasteiger partial charge in [0.2, 0.25) is 0 Å². The van der Waals surface area contributed by atoms with Crippen LogP contribution in [0.4, 0.5) is 0 Å². The second-order valence-electron chi connectivity index (χ2n) is 3.46. The van der Waals surface area contributed by atoms with Gasteiger partial charge in [-0.2, -0.15) is 0 Å². The Morgan fingerprint density at radius 3 is 2.36 bits per heavy atom. The van der Waals surface area contributed by atoms with Crippen molar-refractivity contribution in [2.24, 2.45) is 5.73 Å². The summed E-state index contributed by atoms with van der Waals surface area (Å²) < 4.78 is 0. The number of hydrogen-bond acceptors (Lipinski definition) is 2. The van der Waals surface area contributed by atoms with Crippen molar-refractivity contribution in [3.05, 3.63) is 0 Å². The normalized spacial score (nSPS) is 19.4. The van der Waals surface area contributed by atoms with Crippen LogP contribution in [0.2, 0.25) is 0 Å². The van der Waals surface area contributed by atoms with Crippen molar-refractivity contribution in [3.63, 3.8) is 0 Å². The van der Waals surface area contributed by atoms with Gasteiger partial charge in [0.25, 0.3) is 0 Å². The lowest BCUT2D eigenvalue weighted by atomic mass is 9.91. The summed E-state index contributed by atoms with van der Waals surface area (Å²) in [6.45, 7) is 5.91. The standard InChI is InChI=1S/C9H21NO/c1-4-6-7-8(10)9(3,11)5-2/h8,11H,4-7,10H2,1-3H3. The Morgan fingerprint density at radius 1 is 1.45 bits per heavy atom. The SMILES string of the molecule is CCCCC(N)C(C)(O)CC. The average Bonchev–Trinajstić information content (AvgIpc) is 2.00. The number of nitrogens with two attached hydrogens (primary N) is 1. The molecule has 0 heterocycles. The van der Waals surface area contributed by atoms with E-state index >= 15 is 0 Å². The second kappa shape index (κ2) is 4.73. The van der Waals surface area contributed by atoms with Crippen LogP contribution >= 0.6 is 0 Å². The fourth-order valence-corrected chi connectivity index (χ4v) is 0.997. The third-order valence-corrected chi connectivity index (χ3v) is 2.38. The molecule has 0 saturated carbocycles. The Balaban J connectivity index is 3.71. The van der Waals surface area contributed by atoms with Gasteiger partial charge >= 0.3 is 0 Å². The lowest BCUT2D eigenvalue weighted by Crippen LogP contribution is -2.44. The molecule has 0 radical (unpaired) electrons. The minimum atomic E-state index is -0.671. The van der Waals surface area contributed by atoms with Crippen molar-refractivity contribution in [2.75, 3.05) is 0 Å². The van der Waals surface area contributed by atoms with Crippen LogP contribution in [0.25, 0.3) is 0 Å². The van der Waals surface area contributed by atoms with E-state index in [9.17, 15) is 5.11 Å². The molecule has 0 amide bonds. The van der Waals surface area contributed by atoms with Crippen LogP contribution in [-0.4, -0.2) is 16.7 Å². The zero-order chi connectivity index (χ0) is 8.91. The van der Waals surface area contributed by atoms with E-state index in [1.807, 2.05) is 13.8 Å². The topological polar surface area (TPSA) is 46.2 Å². The van der Waals surface area contributed by atoms with Crippen molar-refractivity contribution in [1.29, 1.82) is 0 Å². The highest BCUT2D eigenvalue weighted by Crippen LogP contribution is 2.16. The van der Waals surface area contributed by atoms with Crippen LogP contribution in [0.1, 0.15) is 46.5 Å². The summed E-state index contributed by atoms with van der Waals surface area (Å²) >= 11 is 0. The molecule has 0 aliphatic heterocycles. The van der Waals surface area contributed by atoms with E-state index in [0.717, 1.165) is 25.7 Å². The molecule has 2 nitrogen and oxygen atoms in total. The van der Waals surface area contributed by atoms with Gasteiger partial charge in [0.05, 0.1) is 5.60 Å². The average molecular weight is 159 g/mol. The molecule has 3 N–H and O–H groups in total. The molecule has 11 heavy (non-hydrogen) atoms. The quantitative estimate of drug-likeness (QED) is 0.641. The van der Waals surface area contributed by atoms with E-state index in [-0.39, 0.29) is 6.04 Å². The molecule has 68 valence electrons. The highest BCUT2D eigenvalue weighted by molar-refractivity contribution is 4.83. The summed E-state index contributed by atoms with van der Waals surface area (Å²) in [5.41, 5.74) is 5.13. The molecular weight excluding hydrogens is 138 g/mol. The van der Waals surface area contributed by atoms with Gasteiger partial charge < -0.3 is 10.8 Å². The molecule has 0 aliphatic carbocycles. The Hall–Kier alpha value is -0.0800. The summed E-state index contributed by atoms with van der Waals surface area (Å²) in [6, 6.07) is -0.0625. The summed E-state index contributed by atoms with van der Waals surface area (Å²) in [4.78, 5) is 0. The van der Waals surface area contributed by atoms with Gasteiger partial charge in [0.1, 0.15) is 0 Å². The van der Waals surface area contributed by atoms with Crippen LogP contribution in [-0.2, 0) is 0 Å². The predicted octanol–water partition coefficient (Wildman–Crippen LogP) is 1.66. The molecule has 2 unspecified atom stereocenters. The molecular formula is C9H21NO. The Labute approximate surface area is 69.8 Å². The monoisotopic (exact) mass is 159 g/mol. The van der Waals surface area contributed by atoms with E-state index in [1.54, 1.807) is 0 Å². The maximum Gasteiger partial charge on any atom is 0.0767 e. The first kappa shape index (κ1) is 10.9. The van der Waals surface area contributed by atoms with E-state index in [2.05, 4.69) is 6.92 Å². The molecule has 0 fully saturated rings. The third kappa shape index (κ3) is 3.73. The van der Waals surface area contributed by atoms with Crippen LogP contribution in [0.15, 0.2) is 0 Å². The Kier molecular flexibility index (Phi) is 4.69. The molecule has 0 saturated heterocycles. The second-order valence-corrected chi connectivity index (χ2v) is 3.46. The third-order valence-electron chi connectivity index (χ3n) is 2.38. The van der Waals surface area contributed by atoms with Gasteiger partial charge in [-0.05, 0) is 19.8 Å². The van der Waals surface area contributed by atoms with E-state index in [0.29, 0.717) is 0 Å². The van der Waals surface area contributed by atoms with Crippen LogP contribution in [0.5, 0.6) is 0 Å². The fourth-order valence-electron chi connectivity index (χ4n) is 0.997. The summed E-state index contributed by atoms with van der Waals surface area (Å²) in [7, 11) is 0. The van der Waals surface area contributed by atoms with Crippen LogP contribution in [0.3, 0.4) is 0 Å². The maximum absolute atomic E-state index is 9.69. The molecule has 2 atom stereocenters. The number of hydrogen-bond donors (Lipinski definition) is 2. The van der Waals surface area contributed by atoms with Gasteiger partial charge in [-0.25, -0.2) is 0 Å². The fraction of sp³-hybridized carbons (Fsp3) is 1.00. The molecule has 0 aliphatic rings. The molecule has 0 spiro atoms. The first-order valence-corrected chi connectivity index (χ1v) is 4.52. The first-order valence-electron chi connectivity index (χ1n) is 4.52. The molecule has 0 rings (SSSR count). The number of aliphatic hydroxyl groups is 1. The van der Waals surface area contributed by atoms with Crippen molar-refractivity contribution >= 4 is 0 Å². The number of rotatable bonds is 5. The molecule has 2 heteroatoms. The van der Waals surface area contributed by atoms with Gasteiger partial charge in [-0.15, -0.1) is 0 Å². The van der Waals surface area contributed by atoms with Crippen molar-refractivity contribution < 1.29 is 5.11 Å². The Bertz CT molecular complexity index is 102. The van der Waals surface area contributed by atoms with Gasteiger partial charge in [0.15, 0.2) is 0 Å². The zero-order valence-corrected chi connectivity index (χ0v) is 7.93. The van der Waals surface area contributed by atoms with E-state index in [1.165, 1.54) is 0 Å². The highest BCUT2D eigenvalue weighted by Gasteiger charge is 2.25. The molecule has 0 aromatic heterocycles. The maximum atomic E-state index is 9.69. The minimum absolute atomic E-state index is 0.0625. The van der Waals surface area contributed by atoms with Crippen molar-refractivity contribution in [2.45, 2.75) is 58.1 Å². The van der Waals surface area contributed by atoms with Crippen molar-refractivity contribution in [1.82, 2.24) is 0 Å². The highest BCUT2D eigenvalue weighted by atomic mass is 16.3. The van der Waals surface area contributed by atoms with Crippen molar-refractivity contribution in [3.8, 4) is 0 Å². The minimum Gasteiger partial charge on any atom is -0.389 e. The number of unbranched alkanes of at least 4 members (excludes halogenated alkanes) is 1. The van der Waals surface area contributed by atoms with E-state index in [4.69, 9.17) is 5.73 Å². The smallest absolute Gasteiger partial charge is 0.0767 e. The summed E-state index contributed by atoms with van der Waals surface area (Å²) in [5.74, 6) is 0. The lowest BCUT2D eigenvalue weighted by molar-refractivity contribution is 0.0256. The van der Waals surface area contributed by atoms with Gasteiger partial charge in [0, 0.05) is 6.04 Å². The lowest BCUT2D eigenvalue weighted by Gasteiger charge is -2.28. The van der Waals surface area contributed by atoms with Gasteiger partial charge in [-0.1, -0.05) is 26.7 Å².